The second-order valence-electron chi connectivity index (χ2n) is 6.86. The number of hydrogen-bond acceptors (Lipinski definition) is 9. The van der Waals surface area contributed by atoms with E-state index in [0.29, 0.717) is 28.2 Å². The fraction of sp³-hybridized carbons (Fsp3) is 0.273. The normalized spacial score (nSPS) is 19.0. The summed E-state index contributed by atoms with van der Waals surface area (Å²) in [4.78, 5) is 26.3. The summed E-state index contributed by atoms with van der Waals surface area (Å²) in [5.74, 6) is -2.86. The van der Waals surface area contributed by atoms with Crippen molar-refractivity contribution in [1.29, 1.82) is 10.5 Å². The highest BCUT2D eigenvalue weighted by molar-refractivity contribution is 7.10. The van der Waals surface area contributed by atoms with Crippen LogP contribution in [0.4, 0.5) is 0 Å². The Balaban J connectivity index is 2.34. The topological polar surface area (TPSA) is 124 Å². The molecule has 3 rings (SSSR count). The van der Waals surface area contributed by atoms with Gasteiger partial charge in [0.25, 0.3) is 0 Å². The predicted octanol–water partition coefficient (Wildman–Crippen LogP) is 2.73. The maximum absolute atomic E-state index is 13.0. The Bertz CT molecular complexity index is 1110. The van der Waals surface area contributed by atoms with Gasteiger partial charge in [-0.15, -0.1) is 11.3 Å². The van der Waals surface area contributed by atoms with Gasteiger partial charge in [-0.05, 0) is 25.3 Å². The number of carbonyl (C=O) groups excluding carboxylic acids is 2. The summed E-state index contributed by atoms with van der Waals surface area (Å²) in [6.07, 6.45) is 1.47. The van der Waals surface area contributed by atoms with E-state index >= 15 is 0 Å². The third kappa shape index (κ3) is 3.72. The summed E-state index contributed by atoms with van der Waals surface area (Å²) < 4.78 is 10.00. The maximum atomic E-state index is 13.0. The van der Waals surface area contributed by atoms with Gasteiger partial charge in [0, 0.05) is 28.2 Å². The van der Waals surface area contributed by atoms with E-state index in [4.69, 9.17) is 9.47 Å². The van der Waals surface area contributed by atoms with Crippen molar-refractivity contribution >= 4 is 23.3 Å². The van der Waals surface area contributed by atoms with Crippen LogP contribution in [-0.2, 0) is 19.1 Å². The van der Waals surface area contributed by atoms with Gasteiger partial charge in [0.1, 0.15) is 0 Å². The Kier molecular flexibility index (Phi) is 6.28. The standard InChI is InChI=1S/C22H20N4O4S/c1-11-13(8-23)17(14(9-24)12(2)26-11)20-19(22(28)30-4)18(16-6-5-7-31-16)15(10-25-20)21(27)29-3/h5-7,10,17-18,25-26H,1-4H3/t18-/m1/s1. The van der Waals surface area contributed by atoms with E-state index in [0.717, 1.165) is 4.88 Å². The number of esters is 2. The second kappa shape index (κ2) is 8.90. The maximum Gasteiger partial charge on any atom is 0.336 e. The first-order valence-corrected chi connectivity index (χ1v) is 10.2. The van der Waals surface area contributed by atoms with Crippen LogP contribution >= 0.6 is 11.3 Å². The average Bonchev–Trinajstić information content (AvgIpc) is 3.31. The molecule has 2 aliphatic heterocycles. The fourth-order valence-corrected chi connectivity index (χ4v) is 4.68. The molecule has 0 bridgehead atoms. The number of hydrogen-bond donors (Lipinski definition) is 2. The highest BCUT2D eigenvalue weighted by Gasteiger charge is 2.42. The Morgan fingerprint density at radius 2 is 1.65 bits per heavy atom. The quantitative estimate of drug-likeness (QED) is 0.691. The lowest BCUT2D eigenvalue weighted by Gasteiger charge is -2.33. The summed E-state index contributed by atoms with van der Waals surface area (Å²) in [7, 11) is 2.51. The number of ether oxygens (including phenoxy) is 2. The second-order valence-corrected chi connectivity index (χ2v) is 7.84. The molecule has 1 aromatic rings. The Morgan fingerprint density at radius 1 is 1.03 bits per heavy atom. The average molecular weight is 436 g/mol. The number of rotatable bonds is 4. The molecule has 31 heavy (non-hydrogen) atoms. The lowest BCUT2D eigenvalue weighted by molar-refractivity contribution is -0.137. The lowest BCUT2D eigenvalue weighted by atomic mass is 9.77. The number of nitriles is 2. The molecule has 0 aliphatic carbocycles. The third-order valence-corrected chi connectivity index (χ3v) is 6.15. The molecular formula is C22H20N4O4S. The van der Waals surface area contributed by atoms with E-state index in [-0.39, 0.29) is 11.1 Å². The minimum atomic E-state index is -0.816. The highest BCUT2D eigenvalue weighted by atomic mass is 32.1. The van der Waals surface area contributed by atoms with Crippen molar-refractivity contribution in [1.82, 2.24) is 10.6 Å². The molecule has 2 N–H and O–H groups in total. The molecule has 0 amide bonds. The van der Waals surface area contributed by atoms with Crippen LogP contribution in [0.1, 0.15) is 24.6 Å². The predicted molar refractivity (Wildman–Crippen MR) is 113 cm³/mol. The highest BCUT2D eigenvalue weighted by Crippen LogP contribution is 2.44. The van der Waals surface area contributed by atoms with Gasteiger partial charge in [-0.3, -0.25) is 0 Å². The van der Waals surface area contributed by atoms with Gasteiger partial charge >= 0.3 is 11.9 Å². The van der Waals surface area contributed by atoms with Crippen molar-refractivity contribution in [2.45, 2.75) is 19.8 Å². The smallest absolute Gasteiger partial charge is 0.336 e. The van der Waals surface area contributed by atoms with E-state index in [9.17, 15) is 20.1 Å². The molecule has 8 nitrogen and oxygen atoms in total. The number of allylic oxidation sites excluding steroid dienone is 3. The molecule has 0 spiro atoms. The van der Waals surface area contributed by atoms with Crippen LogP contribution in [0, 0.1) is 28.6 Å². The molecule has 3 heterocycles. The molecule has 9 heteroatoms. The Hall–Kier alpha value is -3.82. The molecule has 0 unspecified atom stereocenters. The molecule has 158 valence electrons. The third-order valence-electron chi connectivity index (χ3n) is 5.22. The van der Waals surface area contributed by atoms with Crippen LogP contribution in [0.15, 0.2) is 63.1 Å². The van der Waals surface area contributed by atoms with E-state index in [1.165, 1.54) is 31.8 Å². The molecule has 1 aromatic heterocycles. The number of dihydropyridines is 2. The molecule has 0 saturated heterocycles. The Labute approximate surface area is 183 Å². The van der Waals surface area contributed by atoms with E-state index < -0.39 is 23.8 Å². The van der Waals surface area contributed by atoms with Gasteiger partial charge in [-0.25, -0.2) is 9.59 Å². The lowest BCUT2D eigenvalue weighted by Crippen LogP contribution is -2.36. The van der Waals surface area contributed by atoms with E-state index in [2.05, 4.69) is 22.8 Å². The molecule has 0 radical (unpaired) electrons. The summed E-state index contributed by atoms with van der Waals surface area (Å²) in [6.45, 7) is 3.47. The molecule has 0 saturated carbocycles. The van der Waals surface area contributed by atoms with Crippen LogP contribution in [-0.4, -0.2) is 26.2 Å². The Morgan fingerprint density at radius 3 is 2.13 bits per heavy atom. The number of nitrogens with one attached hydrogen (secondary N) is 2. The van der Waals surface area contributed by atoms with Gasteiger partial charge in [0.15, 0.2) is 0 Å². The van der Waals surface area contributed by atoms with E-state index in [1.807, 2.05) is 11.4 Å². The van der Waals surface area contributed by atoms with Crippen molar-refractivity contribution in [3.05, 3.63) is 68.0 Å². The van der Waals surface area contributed by atoms with Crippen LogP contribution in [0.25, 0.3) is 0 Å². The zero-order chi connectivity index (χ0) is 22.7. The van der Waals surface area contributed by atoms with Gasteiger partial charge in [0.2, 0.25) is 0 Å². The summed E-state index contributed by atoms with van der Waals surface area (Å²) >= 11 is 1.37. The fourth-order valence-electron chi connectivity index (χ4n) is 3.83. The SMILES string of the molecule is COC(=O)C1=CNC(C2C(C#N)=C(C)NC(C)=C2C#N)=C(C(=O)OC)[C@H]1c1cccs1. The van der Waals surface area contributed by atoms with Crippen molar-refractivity contribution in [3.8, 4) is 12.1 Å². The zero-order valence-electron chi connectivity index (χ0n) is 17.4. The van der Waals surface area contributed by atoms with Crippen LogP contribution < -0.4 is 10.6 Å². The van der Waals surface area contributed by atoms with Crippen molar-refractivity contribution in [2.24, 2.45) is 5.92 Å². The molecule has 0 fully saturated rings. The summed E-state index contributed by atoms with van der Waals surface area (Å²) in [6, 6.07) is 7.92. The largest absolute Gasteiger partial charge is 0.466 e. The van der Waals surface area contributed by atoms with Crippen LogP contribution in [0.3, 0.4) is 0 Å². The van der Waals surface area contributed by atoms with Crippen molar-refractivity contribution in [2.75, 3.05) is 14.2 Å². The minimum absolute atomic E-state index is 0.154. The monoisotopic (exact) mass is 436 g/mol. The van der Waals surface area contributed by atoms with Crippen molar-refractivity contribution < 1.29 is 19.1 Å². The molecule has 2 aliphatic rings. The van der Waals surface area contributed by atoms with Crippen LogP contribution in [0.2, 0.25) is 0 Å². The first-order valence-electron chi connectivity index (χ1n) is 9.28. The number of methoxy groups -OCH3 is 2. The van der Waals surface area contributed by atoms with E-state index in [1.54, 1.807) is 19.9 Å². The summed E-state index contributed by atoms with van der Waals surface area (Å²) in [5, 5.41) is 27.6. The van der Waals surface area contributed by atoms with Gasteiger partial charge in [0.05, 0.1) is 60.5 Å². The van der Waals surface area contributed by atoms with Crippen LogP contribution in [0.5, 0.6) is 0 Å². The first-order chi connectivity index (χ1) is 14.9. The first kappa shape index (κ1) is 21.9. The molecular weight excluding hydrogens is 416 g/mol. The zero-order valence-corrected chi connectivity index (χ0v) is 18.2. The minimum Gasteiger partial charge on any atom is -0.466 e. The number of carbonyl (C=O) groups is 2. The summed E-state index contributed by atoms with van der Waals surface area (Å²) in [5.41, 5.74) is 2.46. The molecule has 1 atom stereocenters. The number of thiophene rings is 1. The van der Waals surface area contributed by atoms with Gasteiger partial charge in [-0.2, -0.15) is 10.5 Å². The number of nitrogens with zero attached hydrogens (tertiary/aromatic N) is 2. The molecule has 0 aromatic carbocycles. The van der Waals surface area contributed by atoms with Gasteiger partial charge < -0.3 is 20.1 Å². The van der Waals surface area contributed by atoms with Gasteiger partial charge in [-0.1, -0.05) is 6.07 Å². The van der Waals surface area contributed by atoms with Crippen molar-refractivity contribution in [3.63, 3.8) is 0 Å².